The summed E-state index contributed by atoms with van der Waals surface area (Å²) in [6.07, 6.45) is -3.34. The zero-order valence-corrected chi connectivity index (χ0v) is 21.2. The molecule has 0 unspecified atom stereocenters. The Labute approximate surface area is 226 Å². The molecule has 0 atom stereocenters. The van der Waals surface area contributed by atoms with Crippen LogP contribution in [0.15, 0.2) is 36.5 Å². The first kappa shape index (κ1) is 26.6. The van der Waals surface area contributed by atoms with E-state index >= 15 is 0 Å². The fourth-order valence-corrected chi connectivity index (χ4v) is 4.17. The third-order valence-corrected chi connectivity index (χ3v) is 6.03. The van der Waals surface area contributed by atoms with Crippen molar-refractivity contribution in [3.63, 3.8) is 0 Å². The van der Waals surface area contributed by atoms with E-state index in [-0.39, 0.29) is 62.2 Å². The molecule has 5 aromatic rings. The van der Waals surface area contributed by atoms with Gasteiger partial charge >= 0.3 is 12.1 Å². The van der Waals surface area contributed by atoms with Crippen LogP contribution in [0.4, 0.5) is 13.2 Å². The van der Waals surface area contributed by atoms with E-state index in [2.05, 4.69) is 35.8 Å². The van der Waals surface area contributed by atoms with Gasteiger partial charge in [0, 0.05) is 18.6 Å². The monoisotopic (exact) mass is 575 g/mol. The number of carbonyl (C=O) groups is 2. The van der Waals surface area contributed by atoms with Gasteiger partial charge in [0.2, 0.25) is 0 Å². The second-order valence-corrected chi connectivity index (χ2v) is 8.66. The van der Waals surface area contributed by atoms with Crippen LogP contribution in [-0.2, 0) is 17.5 Å². The molecule has 0 aliphatic rings. The predicted molar refractivity (Wildman–Crippen MR) is 132 cm³/mol. The van der Waals surface area contributed by atoms with Crippen molar-refractivity contribution in [3.05, 3.63) is 64.2 Å². The minimum atomic E-state index is -4.79. The number of fused-ring (bicyclic) bond motifs is 1. The summed E-state index contributed by atoms with van der Waals surface area (Å²) in [5.74, 6) is -2.93. The van der Waals surface area contributed by atoms with E-state index in [1.54, 1.807) is 12.1 Å². The van der Waals surface area contributed by atoms with E-state index in [1.165, 1.54) is 43.2 Å². The molecule has 0 aliphatic carbocycles. The van der Waals surface area contributed by atoms with E-state index in [0.717, 1.165) is 0 Å². The molecule has 0 spiro atoms. The van der Waals surface area contributed by atoms with Crippen molar-refractivity contribution in [1.82, 2.24) is 45.3 Å². The van der Waals surface area contributed by atoms with Crippen molar-refractivity contribution in [1.29, 1.82) is 0 Å². The molecule has 206 valence electrons. The van der Waals surface area contributed by atoms with Crippen molar-refractivity contribution < 1.29 is 32.6 Å². The summed E-state index contributed by atoms with van der Waals surface area (Å²) in [6, 6.07) is 7.21. The molecule has 40 heavy (non-hydrogen) atoms. The maximum absolute atomic E-state index is 12.9. The van der Waals surface area contributed by atoms with Gasteiger partial charge in [-0.3, -0.25) is 4.79 Å². The van der Waals surface area contributed by atoms with E-state index in [1.807, 2.05) is 0 Å². The number of amides is 1. The fourth-order valence-electron chi connectivity index (χ4n) is 3.97. The number of methoxy groups -OCH3 is 1. The van der Waals surface area contributed by atoms with Gasteiger partial charge in [-0.1, -0.05) is 11.6 Å². The number of carbonyl (C=O) groups excluding carboxylic acids is 2. The number of alkyl halides is 3. The highest BCUT2D eigenvalue weighted by Crippen LogP contribution is 2.39. The number of halogens is 4. The minimum absolute atomic E-state index is 0.00847. The number of rotatable bonds is 6. The number of tetrazole rings is 1. The van der Waals surface area contributed by atoms with Crippen LogP contribution >= 0.6 is 11.6 Å². The first-order valence-corrected chi connectivity index (χ1v) is 11.6. The Morgan fingerprint density at radius 1 is 1.23 bits per heavy atom. The number of aromatic amines is 1. The van der Waals surface area contributed by atoms with Crippen LogP contribution < -0.4 is 5.32 Å². The molecule has 0 aliphatic heterocycles. The van der Waals surface area contributed by atoms with Crippen LogP contribution in [0, 0.1) is 0 Å². The average Bonchev–Trinajstić information content (AvgIpc) is 3.65. The first-order valence-electron chi connectivity index (χ1n) is 11.3. The van der Waals surface area contributed by atoms with Gasteiger partial charge in [0.25, 0.3) is 11.7 Å². The zero-order chi connectivity index (χ0) is 28.8. The highest BCUT2D eigenvalue weighted by Gasteiger charge is 2.37. The van der Waals surface area contributed by atoms with Crippen LogP contribution in [-0.4, -0.2) is 71.1 Å². The number of aromatic nitrogens is 8. The van der Waals surface area contributed by atoms with Crippen LogP contribution in [0.2, 0.25) is 5.02 Å². The normalized spacial score (nSPS) is 11.7. The molecule has 0 bridgehead atoms. The van der Waals surface area contributed by atoms with Gasteiger partial charge in [-0.2, -0.15) is 23.1 Å². The molecule has 3 N–H and O–H groups in total. The molecular weight excluding hydrogens is 559 g/mol. The number of ether oxygens (including phenoxy) is 1. The standard InChI is InChI=1S/C23H17ClF3N9O4/c1-28-20(38)13-7-10(21(39)40-2)6-12-16(13)30-17(18(12)37)15-8-11(9-35-33-22(31-34-35)23(25,26)27)32-36(15)19-14(24)4-3-5-29-19/h3-8,30,37H,9H2,1-2H3,(H,28,38). The Morgan fingerprint density at radius 3 is 2.65 bits per heavy atom. The molecule has 0 saturated carbocycles. The number of benzene rings is 1. The first-order chi connectivity index (χ1) is 19.0. The molecule has 4 aromatic heterocycles. The number of aromatic hydroxyl groups is 1. The summed E-state index contributed by atoms with van der Waals surface area (Å²) < 4.78 is 44.9. The maximum Gasteiger partial charge on any atom is 0.455 e. The highest BCUT2D eigenvalue weighted by atomic mass is 35.5. The van der Waals surface area contributed by atoms with Crippen LogP contribution in [0.1, 0.15) is 32.2 Å². The molecule has 1 aromatic carbocycles. The molecule has 13 nitrogen and oxygen atoms in total. The number of hydrogen-bond acceptors (Lipinski definition) is 9. The fraction of sp³-hybridized carbons (Fsp3) is 0.174. The van der Waals surface area contributed by atoms with Crippen molar-refractivity contribution in [2.24, 2.45) is 0 Å². The molecule has 0 radical (unpaired) electrons. The molecule has 5 rings (SSSR count). The Kier molecular flexibility index (Phi) is 6.62. The minimum Gasteiger partial charge on any atom is -0.505 e. The summed E-state index contributed by atoms with van der Waals surface area (Å²) in [7, 11) is 2.57. The number of nitrogens with zero attached hydrogens (tertiary/aromatic N) is 7. The Bertz CT molecular complexity index is 1780. The lowest BCUT2D eigenvalue weighted by atomic mass is 10.1. The summed E-state index contributed by atoms with van der Waals surface area (Å²) in [5.41, 5.74) is 0.606. The lowest BCUT2D eigenvalue weighted by molar-refractivity contribution is -0.145. The number of pyridine rings is 1. The molecular formula is C23H17ClF3N9O4. The van der Waals surface area contributed by atoms with Crippen LogP contribution in [0.25, 0.3) is 28.1 Å². The molecule has 0 saturated heterocycles. The molecule has 1 amide bonds. The summed E-state index contributed by atoms with van der Waals surface area (Å²) in [4.78, 5) is 32.8. The zero-order valence-electron chi connectivity index (χ0n) is 20.5. The third kappa shape index (κ3) is 4.68. The second kappa shape index (κ2) is 9.96. The SMILES string of the molecule is CNC(=O)c1cc(C(=O)OC)cc2c(O)c(-c3cc(Cn4nnc(C(F)(F)F)n4)nn3-c3ncccc3Cl)[nH]c12. The molecule has 17 heteroatoms. The van der Waals surface area contributed by atoms with Gasteiger partial charge in [0.05, 0.1) is 40.2 Å². The number of H-pyrrole nitrogens is 1. The van der Waals surface area contributed by atoms with Gasteiger partial charge in [0.15, 0.2) is 11.6 Å². The van der Waals surface area contributed by atoms with Crippen molar-refractivity contribution in [2.75, 3.05) is 14.2 Å². The smallest absolute Gasteiger partial charge is 0.455 e. The van der Waals surface area contributed by atoms with Crippen molar-refractivity contribution in [2.45, 2.75) is 12.7 Å². The van der Waals surface area contributed by atoms with Gasteiger partial charge in [-0.25, -0.2) is 14.5 Å². The number of hydrogen-bond donors (Lipinski definition) is 3. The average molecular weight is 576 g/mol. The predicted octanol–water partition coefficient (Wildman–Crippen LogP) is 2.97. The Balaban J connectivity index is 1.70. The lowest BCUT2D eigenvalue weighted by Gasteiger charge is -2.07. The lowest BCUT2D eigenvalue weighted by Crippen LogP contribution is -2.19. The maximum atomic E-state index is 12.9. The van der Waals surface area contributed by atoms with Gasteiger partial charge in [-0.05, 0) is 35.5 Å². The van der Waals surface area contributed by atoms with Crippen molar-refractivity contribution >= 4 is 34.4 Å². The Morgan fingerprint density at radius 2 is 2.00 bits per heavy atom. The molecule has 4 heterocycles. The number of esters is 1. The van der Waals surface area contributed by atoms with Crippen LogP contribution in [0.5, 0.6) is 5.75 Å². The van der Waals surface area contributed by atoms with E-state index < -0.39 is 23.9 Å². The van der Waals surface area contributed by atoms with E-state index in [4.69, 9.17) is 16.3 Å². The van der Waals surface area contributed by atoms with Crippen LogP contribution in [0.3, 0.4) is 0 Å². The van der Waals surface area contributed by atoms with E-state index in [0.29, 0.717) is 4.80 Å². The van der Waals surface area contributed by atoms with Crippen molar-refractivity contribution in [3.8, 4) is 23.0 Å². The largest absolute Gasteiger partial charge is 0.505 e. The summed E-state index contributed by atoms with van der Waals surface area (Å²) >= 11 is 6.35. The highest BCUT2D eigenvalue weighted by molar-refractivity contribution is 6.32. The second-order valence-electron chi connectivity index (χ2n) is 8.25. The topological polar surface area (TPSA) is 166 Å². The van der Waals surface area contributed by atoms with E-state index in [9.17, 15) is 27.9 Å². The Hall–Kier alpha value is -4.99. The summed E-state index contributed by atoms with van der Waals surface area (Å²) in [5, 5.41) is 28.2. The quantitative estimate of drug-likeness (QED) is 0.258. The van der Waals surface area contributed by atoms with Gasteiger partial charge in [-0.15, -0.1) is 10.2 Å². The number of nitrogens with one attached hydrogen (secondary N) is 2. The summed E-state index contributed by atoms with van der Waals surface area (Å²) in [6.45, 7) is -0.329. The van der Waals surface area contributed by atoms with Gasteiger partial charge in [0.1, 0.15) is 12.2 Å². The third-order valence-electron chi connectivity index (χ3n) is 5.74. The van der Waals surface area contributed by atoms with Gasteiger partial charge < -0.3 is 20.1 Å². The molecule has 0 fully saturated rings.